The zero-order valence-electron chi connectivity index (χ0n) is 21.5. The number of amides is 1. The number of anilines is 2. The summed E-state index contributed by atoms with van der Waals surface area (Å²) in [4.78, 5) is 13.2. The first-order chi connectivity index (χ1) is 19.0. The Labute approximate surface area is 243 Å². The summed E-state index contributed by atoms with van der Waals surface area (Å²) in [6.45, 7) is 0.614. The summed E-state index contributed by atoms with van der Waals surface area (Å²) in [5, 5.41) is 3.61. The number of rotatable bonds is 7. The normalized spacial score (nSPS) is 16.5. The van der Waals surface area contributed by atoms with Crippen LogP contribution in [0.15, 0.2) is 70.5 Å². The van der Waals surface area contributed by atoms with Crippen LogP contribution in [-0.2, 0) is 31.3 Å². The molecule has 13 heteroatoms. The Bertz CT molecular complexity index is 1660. The highest BCUT2D eigenvalue weighted by Gasteiger charge is 2.35. The number of ether oxygens (including phenoxy) is 1. The zero-order chi connectivity index (χ0) is 28.7. The zero-order valence-corrected chi connectivity index (χ0v) is 24.7. The quantitative estimate of drug-likeness (QED) is 0.405. The molecule has 0 saturated carbocycles. The monoisotopic (exact) mass is 623 g/mol. The molecule has 1 amide bonds. The molecule has 2 aliphatic rings. The number of halogens is 2. The van der Waals surface area contributed by atoms with Gasteiger partial charge in [-0.2, -0.15) is 4.31 Å². The second-order valence-corrected chi connectivity index (χ2v) is 14.2. The molecule has 3 aromatic carbocycles. The van der Waals surface area contributed by atoms with Gasteiger partial charge in [-0.3, -0.25) is 9.10 Å². The molecule has 0 unspecified atom stereocenters. The SMILES string of the molecule is COc1ccc(Cl)cc1S(=O)(=O)N1CCC(C(=O)Nc2ccc3c(c2)N(S(=O)(=O)c2ccc(Cl)cc2)CC3)CC1. The van der Waals surface area contributed by atoms with Gasteiger partial charge >= 0.3 is 0 Å². The van der Waals surface area contributed by atoms with Crippen LogP contribution in [0.5, 0.6) is 5.75 Å². The Morgan fingerprint density at radius 1 is 0.875 bits per heavy atom. The summed E-state index contributed by atoms with van der Waals surface area (Å²) in [5.74, 6) is -0.453. The fraction of sp³-hybridized carbons (Fsp3) is 0.296. The number of methoxy groups -OCH3 is 1. The van der Waals surface area contributed by atoms with Crippen LogP contribution >= 0.6 is 23.2 Å². The third-order valence-electron chi connectivity index (χ3n) is 7.18. The Balaban J connectivity index is 1.27. The summed E-state index contributed by atoms with van der Waals surface area (Å²) < 4.78 is 61.0. The van der Waals surface area contributed by atoms with E-state index >= 15 is 0 Å². The van der Waals surface area contributed by atoms with Crippen LogP contribution in [0, 0.1) is 5.92 Å². The summed E-state index contributed by atoms with van der Waals surface area (Å²) in [5.41, 5.74) is 1.86. The molecule has 0 bridgehead atoms. The van der Waals surface area contributed by atoms with E-state index in [4.69, 9.17) is 27.9 Å². The number of hydrogen-bond acceptors (Lipinski definition) is 6. The lowest BCUT2D eigenvalue weighted by molar-refractivity contribution is -0.120. The molecule has 0 radical (unpaired) electrons. The molecule has 212 valence electrons. The van der Waals surface area contributed by atoms with Gasteiger partial charge in [0.05, 0.1) is 17.7 Å². The predicted octanol–water partition coefficient (Wildman–Crippen LogP) is 4.79. The number of benzene rings is 3. The second-order valence-electron chi connectivity index (χ2n) is 9.59. The van der Waals surface area contributed by atoms with Gasteiger partial charge in [0.2, 0.25) is 15.9 Å². The van der Waals surface area contributed by atoms with Gasteiger partial charge in [0, 0.05) is 41.3 Å². The van der Waals surface area contributed by atoms with Crippen molar-refractivity contribution in [3.05, 3.63) is 76.3 Å². The summed E-state index contributed by atoms with van der Waals surface area (Å²) in [6, 6.07) is 15.7. The fourth-order valence-corrected chi connectivity index (χ4v) is 8.51. The Morgan fingerprint density at radius 3 is 2.23 bits per heavy atom. The van der Waals surface area contributed by atoms with Crippen molar-refractivity contribution in [3.63, 3.8) is 0 Å². The summed E-state index contributed by atoms with van der Waals surface area (Å²) in [6.07, 6.45) is 1.21. The topological polar surface area (TPSA) is 113 Å². The Morgan fingerprint density at radius 2 is 1.55 bits per heavy atom. The van der Waals surface area contributed by atoms with Gasteiger partial charge in [0.15, 0.2) is 0 Å². The number of piperidine rings is 1. The number of nitrogens with one attached hydrogen (secondary N) is 1. The van der Waals surface area contributed by atoms with Crippen molar-refractivity contribution < 1.29 is 26.4 Å². The number of hydrogen-bond donors (Lipinski definition) is 1. The predicted molar refractivity (Wildman–Crippen MR) is 154 cm³/mol. The van der Waals surface area contributed by atoms with Crippen molar-refractivity contribution >= 4 is 60.5 Å². The van der Waals surface area contributed by atoms with E-state index in [0.29, 0.717) is 42.2 Å². The van der Waals surface area contributed by atoms with Gasteiger partial charge in [-0.1, -0.05) is 29.3 Å². The van der Waals surface area contributed by atoms with Crippen LogP contribution in [0.25, 0.3) is 0 Å². The minimum Gasteiger partial charge on any atom is -0.495 e. The molecule has 9 nitrogen and oxygen atoms in total. The van der Waals surface area contributed by atoms with Gasteiger partial charge in [-0.25, -0.2) is 16.8 Å². The molecule has 2 heterocycles. The van der Waals surface area contributed by atoms with Crippen LogP contribution in [0.1, 0.15) is 18.4 Å². The standard InChI is InChI=1S/C27H27Cl2N3O6S2/c1-38-25-9-5-21(29)16-26(25)40(36,37)31-13-10-19(11-14-31)27(33)30-22-6-2-18-12-15-32(24(18)17-22)39(34,35)23-7-3-20(28)4-8-23/h2-9,16-17,19H,10-15H2,1H3,(H,30,33). The molecule has 0 atom stereocenters. The smallest absolute Gasteiger partial charge is 0.264 e. The van der Waals surface area contributed by atoms with Gasteiger partial charge in [0.1, 0.15) is 10.6 Å². The van der Waals surface area contributed by atoms with Crippen molar-refractivity contribution in [2.45, 2.75) is 29.1 Å². The largest absolute Gasteiger partial charge is 0.495 e. The first-order valence-electron chi connectivity index (χ1n) is 12.6. The van der Waals surface area contributed by atoms with E-state index in [1.54, 1.807) is 18.2 Å². The van der Waals surface area contributed by atoms with Crippen molar-refractivity contribution in [3.8, 4) is 5.75 Å². The van der Waals surface area contributed by atoms with E-state index in [0.717, 1.165) is 5.56 Å². The first kappa shape index (κ1) is 28.7. The number of fused-ring (bicyclic) bond motifs is 1. The van der Waals surface area contributed by atoms with E-state index < -0.39 is 26.0 Å². The van der Waals surface area contributed by atoms with Gasteiger partial charge in [0.25, 0.3) is 10.0 Å². The second kappa shape index (κ2) is 11.2. The number of nitrogens with zero attached hydrogens (tertiary/aromatic N) is 2. The fourth-order valence-electron chi connectivity index (χ4n) is 5.00. The van der Waals surface area contributed by atoms with Crippen LogP contribution in [0.4, 0.5) is 11.4 Å². The van der Waals surface area contributed by atoms with Gasteiger partial charge < -0.3 is 10.1 Å². The van der Waals surface area contributed by atoms with Crippen LogP contribution in [-0.4, -0.2) is 53.8 Å². The molecule has 0 spiro atoms. The van der Waals surface area contributed by atoms with Crippen molar-refractivity contribution in [2.24, 2.45) is 5.92 Å². The summed E-state index contributed by atoms with van der Waals surface area (Å²) >= 11 is 12.0. The molecule has 0 aromatic heterocycles. The van der Waals surface area contributed by atoms with Crippen molar-refractivity contribution in [1.29, 1.82) is 0 Å². The molecule has 5 rings (SSSR count). The minimum atomic E-state index is -3.87. The van der Waals surface area contributed by atoms with Crippen LogP contribution in [0.3, 0.4) is 0 Å². The van der Waals surface area contributed by atoms with Gasteiger partial charge in [-0.05, 0) is 79.4 Å². The third kappa shape index (κ3) is 5.53. The molecular formula is C27H27Cl2N3O6S2. The van der Waals surface area contributed by atoms with E-state index in [9.17, 15) is 21.6 Å². The molecule has 3 aromatic rings. The highest BCUT2D eigenvalue weighted by molar-refractivity contribution is 7.92. The Hall–Kier alpha value is -2.83. The lowest BCUT2D eigenvalue weighted by atomic mass is 9.97. The van der Waals surface area contributed by atoms with Crippen molar-refractivity contribution in [2.75, 3.05) is 36.4 Å². The van der Waals surface area contributed by atoms with E-state index in [1.165, 1.54) is 52.1 Å². The Kier molecular flexibility index (Phi) is 8.04. The van der Waals surface area contributed by atoms with Gasteiger partial charge in [-0.15, -0.1) is 0 Å². The highest BCUT2D eigenvalue weighted by atomic mass is 35.5. The molecular weight excluding hydrogens is 597 g/mol. The molecule has 2 aliphatic heterocycles. The van der Waals surface area contributed by atoms with E-state index in [2.05, 4.69) is 5.32 Å². The third-order valence-corrected chi connectivity index (χ3v) is 11.4. The van der Waals surface area contributed by atoms with Crippen LogP contribution < -0.4 is 14.4 Å². The average molecular weight is 625 g/mol. The molecule has 40 heavy (non-hydrogen) atoms. The number of carbonyl (C=O) groups excluding carboxylic acids is 1. The summed E-state index contributed by atoms with van der Waals surface area (Å²) in [7, 11) is -6.28. The molecule has 1 saturated heterocycles. The van der Waals surface area contributed by atoms with E-state index in [-0.39, 0.29) is 39.6 Å². The number of carbonyl (C=O) groups is 1. The van der Waals surface area contributed by atoms with Crippen LogP contribution in [0.2, 0.25) is 10.0 Å². The average Bonchev–Trinajstić information content (AvgIpc) is 3.37. The minimum absolute atomic E-state index is 0.0124. The lowest BCUT2D eigenvalue weighted by Gasteiger charge is -2.31. The van der Waals surface area contributed by atoms with Crippen molar-refractivity contribution in [1.82, 2.24) is 4.31 Å². The molecule has 0 aliphatic carbocycles. The first-order valence-corrected chi connectivity index (χ1v) is 16.2. The maximum atomic E-state index is 13.3. The molecule has 1 N–H and O–H groups in total. The molecule has 1 fully saturated rings. The maximum absolute atomic E-state index is 13.3. The maximum Gasteiger partial charge on any atom is 0.264 e. The lowest BCUT2D eigenvalue weighted by Crippen LogP contribution is -2.41. The van der Waals surface area contributed by atoms with E-state index in [1.807, 2.05) is 6.07 Å². The number of sulfonamides is 2. The highest BCUT2D eigenvalue weighted by Crippen LogP contribution is 2.36.